The van der Waals surface area contributed by atoms with E-state index in [4.69, 9.17) is 17.3 Å². The predicted octanol–water partition coefficient (Wildman–Crippen LogP) is 0.942. The van der Waals surface area contributed by atoms with Gasteiger partial charge in [-0.3, -0.25) is 9.67 Å². The molecule has 0 spiro atoms. The quantitative estimate of drug-likeness (QED) is 0.674. The van der Waals surface area contributed by atoms with Gasteiger partial charge in [-0.2, -0.15) is 5.10 Å². The topological polar surface area (TPSA) is 53.8 Å². The zero-order valence-electron chi connectivity index (χ0n) is 6.87. The van der Waals surface area contributed by atoms with E-state index in [1.54, 1.807) is 0 Å². The molecule has 1 aliphatic carbocycles. The Hall–Kier alpha value is -0.680. The Morgan fingerprint density at radius 3 is 2.92 bits per heavy atom. The molecule has 0 unspecified atom stereocenters. The van der Waals surface area contributed by atoms with Gasteiger partial charge < -0.3 is 5.11 Å². The number of hydrogen-bond donors (Lipinski definition) is 2. The van der Waals surface area contributed by atoms with Crippen molar-refractivity contribution < 1.29 is 5.11 Å². The summed E-state index contributed by atoms with van der Waals surface area (Å²) >= 11 is 5.06. The van der Waals surface area contributed by atoms with Gasteiger partial charge in [0, 0.05) is 5.54 Å². The van der Waals surface area contributed by atoms with Crippen molar-refractivity contribution in [1.29, 1.82) is 0 Å². The maximum Gasteiger partial charge on any atom is 0.195 e. The first-order chi connectivity index (χ1) is 5.67. The highest BCUT2D eigenvalue weighted by atomic mass is 32.1. The Morgan fingerprint density at radius 2 is 2.42 bits per heavy atom. The number of rotatable bonds is 2. The molecule has 2 N–H and O–H groups in total. The molecular formula is C7H11N3OS. The lowest BCUT2D eigenvalue weighted by Gasteiger charge is -2.11. The molecule has 12 heavy (non-hydrogen) atoms. The van der Waals surface area contributed by atoms with Crippen LogP contribution in [0.4, 0.5) is 0 Å². The van der Waals surface area contributed by atoms with E-state index < -0.39 is 0 Å². The molecule has 0 aliphatic heterocycles. The summed E-state index contributed by atoms with van der Waals surface area (Å²) < 4.78 is 2.53. The highest BCUT2D eigenvalue weighted by molar-refractivity contribution is 7.71. The smallest absolute Gasteiger partial charge is 0.195 e. The zero-order chi connectivity index (χ0) is 8.77. The van der Waals surface area contributed by atoms with Crippen LogP contribution in [0.1, 0.15) is 25.6 Å². The van der Waals surface area contributed by atoms with E-state index in [1.807, 2.05) is 4.57 Å². The van der Waals surface area contributed by atoms with Crippen molar-refractivity contribution in [3.8, 4) is 0 Å². The van der Waals surface area contributed by atoms with Gasteiger partial charge in [-0.25, -0.2) is 0 Å². The third-order valence-corrected chi connectivity index (χ3v) is 2.67. The summed E-state index contributed by atoms with van der Waals surface area (Å²) in [5.41, 5.74) is 0.113. The number of aromatic amines is 1. The first kappa shape index (κ1) is 7.94. The average molecular weight is 185 g/mol. The third-order valence-electron chi connectivity index (χ3n) is 2.40. The van der Waals surface area contributed by atoms with Crippen molar-refractivity contribution in [3.05, 3.63) is 10.6 Å². The molecule has 1 fully saturated rings. The van der Waals surface area contributed by atoms with E-state index in [-0.39, 0.29) is 12.1 Å². The Balaban J connectivity index is 2.53. The number of aromatic nitrogens is 3. The van der Waals surface area contributed by atoms with E-state index in [9.17, 15) is 0 Å². The fourth-order valence-electron chi connectivity index (χ4n) is 1.40. The van der Waals surface area contributed by atoms with Crippen molar-refractivity contribution in [2.75, 3.05) is 0 Å². The molecule has 0 atom stereocenters. The molecule has 1 aromatic rings. The number of aliphatic hydroxyl groups is 1. The van der Waals surface area contributed by atoms with Crippen LogP contribution < -0.4 is 0 Å². The summed E-state index contributed by atoms with van der Waals surface area (Å²) in [4.78, 5) is 0. The van der Waals surface area contributed by atoms with Gasteiger partial charge >= 0.3 is 0 Å². The molecule has 1 aliphatic rings. The highest BCUT2D eigenvalue weighted by Crippen LogP contribution is 2.43. The summed E-state index contributed by atoms with van der Waals surface area (Å²) in [6.07, 6.45) is 2.24. The lowest BCUT2D eigenvalue weighted by Crippen LogP contribution is -2.15. The van der Waals surface area contributed by atoms with Gasteiger partial charge in [0.15, 0.2) is 10.6 Å². The van der Waals surface area contributed by atoms with Crippen molar-refractivity contribution in [2.24, 2.45) is 0 Å². The van der Waals surface area contributed by atoms with Crippen molar-refractivity contribution in [1.82, 2.24) is 14.8 Å². The SMILES string of the molecule is CC1(n2c(CO)n[nH]c2=S)CC1. The lowest BCUT2D eigenvalue weighted by atomic mass is 10.3. The molecule has 0 amide bonds. The van der Waals surface area contributed by atoms with E-state index in [1.165, 1.54) is 0 Å². The maximum absolute atomic E-state index is 8.97. The average Bonchev–Trinajstić information content (AvgIpc) is 2.64. The second-order valence-corrected chi connectivity index (χ2v) is 3.82. The Kier molecular flexibility index (Phi) is 1.59. The normalized spacial score (nSPS) is 19.5. The van der Waals surface area contributed by atoms with Gasteiger partial charge in [-0.05, 0) is 32.0 Å². The number of nitrogens with one attached hydrogen (secondary N) is 1. The fraction of sp³-hybridized carbons (Fsp3) is 0.714. The Labute approximate surface area is 75.2 Å². The largest absolute Gasteiger partial charge is 0.388 e. The second-order valence-electron chi connectivity index (χ2n) is 3.44. The molecule has 0 bridgehead atoms. The summed E-state index contributed by atoms with van der Waals surface area (Å²) in [5, 5.41) is 15.6. The van der Waals surface area contributed by atoms with Gasteiger partial charge in [0.05, 0.1) is 0 Å². The van der Waals surface area contributed by atoms with E-state index in [0.717, 1.165) is 12.8 Å². The van der Waals surface area contributed by atoms with Gasteiger partial charge in [-0.1, -0.05) is 0 Å². The van der Waals surface area contributed by atoms with E-state index >= 15 is 0 Å². The first-order valence-corrected chi connectivity index (χ1v) is 4.36. The molecule has 0 radical (unpaired) electrons. The minimum absolute atomic E-state index is 0.0528. The molecule has 1 heterocycles. The van der Waals surface area contributed by atoms with Crippen LogP contribution >= 0.6 is 12.2 Å². The van der Waals surface area contributed by atoms with Crippen LogP contribution in [0.3, 0.4) is 0 Å². The fourth-order valence-corrected chi connectivity index (χ4v) is 1.77. The monoisotopic (exact) mass is 185 g/mol. The molecule has 5 heteroatoms. The highest BCUT2D eigenvalue weighted by Gasteiger charge is 2.41. The van der Waals surface area contributed by atoms with Crippen LogP contribution in [-0.2, 0) is 12.1 Å². The maximum atomic E-state index is 8.97. The minimum atomic E-state index is -0.0528. The molecule has 66 valence electrons. The number of hydrogen-bond acceptors (Lipinski definition) is 3. The molecule has 4 nitrogen and oxygen atoms in total. The van der Waals surface area contributed by atoms with E-state index in [2.05, 4.69) is 17.1 Å². The van der Waals surface area contributed by atoms with Crippen molar-refractivity contribution in [3.63, 3.8) is 0 Å². The summed E-state index contributed by atoms with van der Waals surface area (Å²) in [7, 11) is 0. The summed E-state index contributed by atoms with van der Waals surface area (Å²) in [5.74, 6) is 0.639. The standard InChI is InChI=1S/C7H11N3OS/c1-7(2-3-7)10-5(4-11)8-9-6(10)12/h11H,2-4H2,1H3,(H,9,12). The van der Waals surface area contributed by atoms with E-state index in [0.29, 0.717) is 10.6 Å². The predicted molar refractivity (Wildman–Crippen MR) is 46.2 cm³/mol. The summed E-state index contributed by atoms with van der Waals surface area (Å²) in [6, 6.07) is 0. The van der Waals surface area contributed by atoms with Crippen LogP contribution in [0.5, 0.6) is 0 Å². The van der Waals surface area contributed by atoms with Crippen LogP contribution in [-0.4, -0.2) is 19.9 Å². The van der Waals surface area contributed by atoms with Crippen molar-refractivity contribution in [2.45, 2.75) is 31.9 Å². The van der Waals surface area contributed by atoms with Crippen LogP contribution in [0.15, 0.2) is 0 Å². The van der Waals surface area contributed by atoms with Crippen molar-refractivity contribution >= 4 is 12.2 Å². The number of aliphatic hydroxyl groups excluding tert-OH is 1. The first-order valence-electron chi connectivity index (χ1n) is 3.95. The molecule has 1 saturated carbocycles. The van der Waals surface area contributed by atoms with Crippen LogP contribution in [0, 0.1) is 4.77 Å². The molecule has 1 aromatic heterocycles. The van der Waals surface area contributed by atoms with Crippen LogP contribution in [0.25, 0.3) is 0 Å². The Bertz CT molecular complexity index is 350. The Morgan fingerprint density at radius 1 is 1.75 bits per heavy atom. The third kappa shape index (κ3) is 1.01. The zero-order valence-corrected chi connectivity index (χ0v) is 7.69. The molecule has 0 aromatic carbocycles. The molecule has 0 saturated heterocycles. The van der Waals surface area contributed by atoms with Gasteiger partial charge in [-0.15, -0.1) is 0 Å². The van der Waals surface area contributed by atoms with Gasteiger partial charge in [0.25, 0.3) is 0 Å². The van der Waals surface area contributed by atoms with Gasteiger partial charge in [0.2, 0.25) is 0 Å². The number of H-pyrrole nitrogens is 1. The second kappa shape index (κ2) is 2.40. The molecule has 2 rings (SSSR count). The lowest BCUT2D eigenvalue weighted by molar-refractivity contribution is 0.259. The minimum Gasteiger partial charge on any atom is -0.388 e. The number of nitrogens with zero attached hydrogens (tertiary/aromatic N) is 2. The van der Waals surface area contributed by atoms with Crippen LogP contribution in [0.2, 0.25) is 0 Å². The molecular weight excluding hydrogens is 174 g/mol. The van der Waals surface area contributed by atoms with Gasteiger partial charge in [0.1, 0.15) is 6.61 Å². The summed E-state index contributed by atoms with van der Waals surface area (Å²) in [6.45, 7) is 2.07.